The fraction of sp³-hybridized carbons (Fsp3) is 0.812. The molecule has 0 bridgehead atoms. The minimum absolute atomic E-state index is 0. The number of rotatable bonds is 6. The lowest BCUT2D eigenvalue weighted by Gasteiger charge is -2.27. The predicted molar refractivity (Wildman–Crippen MR) is 89.9 cm³/mol. The number of nitrogens with one attached hydrogen (secondary N) is 1. The highest BCUT2D eigenvalue weighted by Gasteiger charge is 2.48. The third-order valence-corrected chi connectivity index (χ3v) is 5.28. The SMILES string of the molecule is CCC(N)(CC)CNC(=O)CN1C(=O)C2CCCCC2C1=O.Cl. The Balaban J connectivity index is 0.00000264. The van der Waals surface area contributed by atoms with Crippen LogP contribution in [0.3, 0.4) is 0 Å². The summed E-state index contributed by atoms with van der Waals surface area (Å²) in [6, 6.07) is 0. The van der Waals surface area contributed by atoms with Crippen LogP contribution in [0.5, 0.6) is 0 Å². The van der Waals surface area contributed by atoms with Crippen molar-refractivity contribution in [2.24, 2.45) is 17.6 Å². The molecule has 2 fully saturated rings. The number of carbonyl (C=O) groups is 3. The highest BCUT2D eigenvalue weighted by atomic mass is 35.5. The van der Waals surface area contributed by atoms with Gasteiger partial charge in [-0.15, -0.1) is 12.4 Å². The minimum Gasteiger partial charge on any atom is -0.353 e. The summed E-state index contributed by atoms with van der Waals surface area (Å²) in [5.74, 6) is -1.05. The van der Waals surface area contributed by atoms with E-state index in [1.165, 1.54) is 0 Å². The number of amides is 3. The maximum Gasteiger partial charge on any atom is 0.240 e. The van der Waals surface area contributed by atoms with Crippen molar-refractivity contribution in [3.05, 3.63) is 0 Å². The van der Waals surface area contributed by atoms with Gasteiger partial charge >= 0.3 is 0 Å². The Labute approximate surface area is 143 Å². The third-order valence-electron chi connectivity index (χ3n) is 5.28. The molecule has 3 N–H and O–H groups in total. The Morgan fingerprint density at radius 1 is 1.17 bits per heavy atom. The highest BCUT2D eigenvalue weighted by Crippen LogP contribution is 2.37. The molecule has 2 aliphatic rings. The fourth-order valence-corrected chi connectivity index (χ4v) is 3.36. The molecule has 0 aromatic heterocycles. The number of nitrogens with two attached hydrogens (primary N) is 1. The second-order valence-electron chi connectivity index (χ2n) is 6.61. The summed E-state index contributed by atoms with van der Waals surface area (Å²) in [6.07, 6.45) is 5.03. The molecule has 3 amide bonds. The zero-order valence-electron chi connectivity index (χ0n) is 14.0. The van der Waals surface area contributed by atoms with Gasteiger partial charge in [0, 0.05) is 12.1 Å². The number of carbonyl (C=O) groups excluding carboxylic acids is 3. The van der Waals surface area contributed by atoms with E-state index in [0.29, 0.717) is 6.54 Å². The third kappa shape index (κ3) is 4.23. The topological polar surface area (TPSA) is 92.5 Å². The number of imide groups is 1. The van der Waals surface area contributed by atoms with Crippen molar-refractivity contribution in [2.75, 3.05) is 13.1 Å². The number of hydrogen-bond donors (Lipinski definition) is 2. The summed E-state index contributed by atoms with van der Waals surface area (Å²) in [4.78, 5) is 37.8. The Hall–Kier alpha value is -1.14. The molecule has 1 saturated carbocycles. The van der Waals surface area contributed by atoms with Crippen molar-refractivity contribution in [1.82, 2.24) is 10.2 Å². The molecule has 23 heavy (non-hydrogen) atoms. The fourth-order valence-electron chi connectivity index (χ4n) is 3.36. The van der Waals surface area contributed by atoms with E-state index < -0.39 is 5.54 Å². The number of hydrogen-bond acceptors (Lipinski definition) is 4. The van der Waals surface area contributed by atoms with Gasteiger partial charge in [0.15, 0.2) is 0 Å². The first kappa shape index (κ1) is 19.9. The van der Waals surface area contributed by atoms with Crippen molar-refractivity contribution in [3.8, 4) is 0 Å². The Morgan fingerprint density at radius 3 is 2.09 bits per heavy atom. The van der Waals surface area contributed by atoms with Crippen LogP contribution in [-0.4, -0.2) is 41.2 Å². The summed E-state index contributed by atoms with van der Waals surface area (Å²) < 4.78 is 0. The van der Waals surface area contributed by atoms with Crippen LogP contribution in [0.1, 0.15) is 52.4 Å². The molecule has 0 aromatic rings. The average Bonchev–Trinajstić information content (AvgIpc) is 2.78. The van der Waals surface area contributed by atoms with Crippen molar-refractivity contribution in [1.29, 1.82) is 0 Å². The summed E-state index contributed by atoms with van der Waals surface area (Å²) in [7, 11) is 0. The maximum atomic E-state index is 12.3. The summed E-state index contributed by atoms with van der Waals surface area (Å²) in [6.45, 7) is 4.15. The van der Waals surface area contributed by atoms with Gasteiger partial charge in [-0.25, -0.2) is 0 Å². The molecule has 0 aromatic carbocycles. The van der Waals surface area contributed by atoms with Crippen LogP contribution in [0.25, 0.3) is 0 Å². The maximum absolute atomic E-state index is 12.3. The standard InChI is InChI=1S/C16H27N3O3.ClH/c1-3-16(17,4-2)10-18-13(20)9-19-14(21)11-7-5-6-8-12(11)15(19)22;/h11-12H,3-10,17H2,1-2H3,(H,18,20);1H. The molecule has 1 heterocycles. The van der Waals surface area contributed by atoms with Crippen LogP contribution in [0.2, 0.25) is 0 Å². The van der Waals surface area contributed by atoms with Gasteiger partial charge in [0.2, 0.25) is 17.7 Å². The van der Waals surface area contributed by atoms with Gasteiger partial charge in [-0.05, 0) is 25.7 Å². The van der Waals surface area contributed by atoms with Crippen LogP contribution in [0.15, 0.2) is 0 Å². The molecule has 2 atom stereocenters. The molecule has 0 radical (unpaired) electrons. The van der Waals surface area contributed by atoms with Gasteiger partial charge in [0.05, 0.1) is 11.8 Å². The van der Waals surface area contributed by atoms with Crippen LogP contribution < -0.4 is 11.1 Å². The zero-order valence-corrected chi connectivity index (χ0v) is 14.8. The Kier molecular flexibility index (Phi) is 7.02. The predicted octanol–water partition coefficient (Wildman–Crippen LogP) is 1.22. The molecule has 7 heteroatoms. The normalized spacial score (nSPS) is 24.2. The molecule has 1 saturated heterocycles. The highest BCUT2D eigenvalue weighted by molar-refractivity contribution is 6.07. The molecule has 1 aliphatic carbocycles. The van der Waals surface area contributed by atoms with Crippen molar-refractivity contribution in [2.45, 2.75) is 57.9 Å². The largest absolute Gasteiger partial charge is 0.353 e. The van der Waals surface area contributed by atoms with Crippen molar-refractivity contribution >= 4 is 30.1 Å². The van der Waals surface area contributed by atoms with E-state index in [9.17, 15) is 14.4 Å². The van der Waals surface area contributed by atoms with E-state index in [1.54, 1.807) is 0 Å². The smallest absolute Gasteiger partial charge is 0.240 e. The van der Waals surface area contributed by atoms with E-state index in [4.69, 9.17) is 5.73 Å². The van der Waals surface area contributed by atoms with Crippen LogP contribution in [0.4, 0.5) is 0 Å². The molecular formula is C16H28ClN3O3. The summed E-state index contributed by atoms with van der Waals surface area (Å²) in [5, 5.41) is 2.76. The number of halogens is 1. The molecule has 6 nitrogen and oxygen atoms in total. The number of nitrogens with zero attached hydrogens (tertiary/aromatic N) is 1. The van der Waals surface area contributed by atoms with Crippen molar-refractivity contribution < 1.29 is 14.4 Å². The van der Waals surface area contributed by atoms with E-state index in [0.717, 1.165) is 43.4 Å². The summed E-state index contributed by atoms with van der Waals surface area (Å²) >= 11 is 0. The van der Waals surface area contributed by atoms with Gasteiger partial charge in [-0.3, -0.25) is 19.3 Å². The van der Waals surface area contributed by atoms with E-state index in [2.05, 4.69) is 5.32 Å². The second-order valence-corrected chi connectivity index (χ2v) is 6.61. The molecule has 1 aliphatic heterocycles. The van der Waals surface area contributed by atoms with E-state index in [1.807, 2.05) is 13.8 Å². The first-order valence-electron chi connectivity index (χ1n) is 8.32. The Morgan fingerprint density at radius 2 is 1.65 bits per heavy atom. The summed E-state index contributed by atoms with van der Waals surface area (Å²) in [5.41, 5.74) is 5.71. The molecule has 0 spiro atoms. The van der Waals surface area contributed by atoms with Gasteiger partial charge in [0.1, 0.15) is 6.54 Å². The lowest BCUT2D eigenvalue weighted by molar-refractivity contribution is -0.143. The first-order valence-corrected chi connectivity index (χ1v) is 8.32. The van der Waals surface area contributed by atoms with E-state index >= 15 is 0 Å². The number of fused-ring (bicyclic) bond motifs is 1. The first-order chi connectivity index (χ1) is 10.4. The minimum atomic E-state index is -0.428. The molecule has 2 rings (SSSR count). The average molecular weight is 346 g/mol. The quantitative estimate of drug-likeness (QED) is 0.708. The van der Waals surface area contributed by atoms with Crippen LogP contribution in [-0.2, 0) is 14.4 Å². The van der Waals surface area contributed by atoms with E-state index in [-0.39, 0.29) is 48.5 Å². The van der Waals surface area contributed by atoms with Crippen LogP contribution in [0, 0.1) is 11.8 Å². The number of likely N-dealkylation sites (tertiary alicyclic amines) is 1. The molecule has 132 valence electrons. The zero-order chi connectivity index (χ0) is 16.3. The Bertz CT molecular complexity index is 441. The lowest BCUT2D eigenvalue weighted by atomic mass is 9.81. The molecular weight excluding hydrogens is 318 g/mol. The second kappa shape index (κ2) is 8.11. The van der Waals surface area contributed by atoms with Gasteiger partial charge < -0.3 is 11.1 Å². The van der Waals surface area contributed by atoms with Gasteiger partial charge in [-0.2, -0.15) is 0 Å². The van der Waals surface area contributed by atoms with Gasteiger partial charge in [0.25, 0.3) is 0 Å². The van der Waals surface area contributed by atoms with Gasteiger partial charge in [-0.1, -0.05) is 26.7 Å². The lowest BCUT2D eigenvalue weighted by Crippen LogP contribution is -2.51. The molecule has 2 unspecified atom stereocenters. The monoisotopic (exact) mass is 345 g/mol. The van der Waals surface area contributed by atoms with Crippen LogP contribution >= 0.6 is 12.4 Å². The van der Waals surface area contributed by atoms with Crippen molar-refractivity contribution in [3.63, 3.8) is 0 Å².